The molecule has 2 aromatic rings. The Morgan fingerprint density at radius 1 is 1.07 bits per heavy atom. The highest BCUT2D eigenvalue weighted by Crippen LogP contribution is 2.26. The Hall–Kier alpha value is -2.03. The molecular formula is C20H27FIN3O2. The van der Waals surface area contributed by atoms with Crippen molar-refractivity contribution in [2.24, 2.45) is 4.99 Å². The highest BCUT2D eigenvalue weighted by molar-refractivity contribution is 14.0. The van der Waals surface area contributed by atoms with E-state index in [1.54, 1.807) is 26.3 Å². The van der Waals surface area contributed by atoms with Crippen molar-refractivity contribution in [2.45, 2.75) is 19.4 Å². The summed E-state index contributed by atoms with van der Waals surface area (Å²) in [5, 5.41) is 6.47. The molecule has 2 aromatic carbocycles. The Morgan fingerprint density at radius 2 is 1.74 bits per heavy atom. The predicted octanol–water partition coefficient (Wildman–Crippen LogP) is 3.63. The van der Waals surface area contributed by atoms with Crippen LogP contribution in [0.5, 0.6) is 11.5 Å². The Labute approximate surface area is 177 Å². The minimum absolute atomic E-state index is 0. The number of aliphatic imine (C=N–C) groups is 1. The number of hydrogen-bond donors (Lipinski definition) is 2. The van der Waals surface area contributed by atoms with Gasteiger partial charge in [-0.15, -0.1) is 24.0 Å². The van der Waals surface area contributed by atoms with Crippen LogP contribution in [0.2, 0.25) is 0 Å². The fourth-order valence-corrected chi connectivity index (χ4v) is 2.41. The van der Waals surface area contributed by atoms with E-state index in [-0.39, 0.29) is 35.9 Å². The Kier molecular flexibility index (Phi) is 10.5. The molecule has 0 aliphatic heterocycles. The molecule has 0 heterocycles. The van der Waals surface area contributed by atoms with Crippen LogP contribution < -0.4 is 20.1 Å². The third-order valence-electron chi connectivity index (χ3n) is 3.80. The van der Waals surface area contributed by atoms with Crippen LogP contribution in [-0.4, -0.2) is 39.3 Å². The van der Waals surface area contributed by atoms with Gasteiger partial charge in [-0.25, -0.2) is 4.39 Å². The van der Waals surface area contributed by atoms with E-state index in [1.807, 2.05) is 31.2 Å². The lowest BCUT2D eigenvalue weighted by Crippen LogP contribution is -2.42. The van der Waals surface area contributed by atoms with Crippen molar-refractivity contribution in [2.75, 3.05) is 27.2 Å². The van der Waals surface area contributed by atoms with Gasteiger partial charge >= 0.3 is 0 Å². The topological polar surface area (TPSA) is 54.9 Å². The quantitative estimate of drug-likeness (QED) is 0.340. The zero-order valence-electron chi connectivity index (χ0n) is 15.9. The zero-order chi connectivity index (χ0) is 18.8. The Bertz CT molecular complexity index is 711. The number of guanidine groups is 1. The molecule has 0 fully saturated rings. The fraction of sp³-hybridized carbons (Fsp3) is 0.350. The number of nitrogens with one attached hydrogen (secondary N) is 2. The van der Waals surface area contributed by atoms with Crippen LogP contribution in [-0.2, 0) is 6.42 Å². The summed E-state index contributed by atoms with van der Waals surface area (Å²) >= 11 is 0. The minimum Gasteiger partial charge on any atom is -0.493 e. The summed E-state index contributed by atoms with van der Waals surface area (Å²) < 4.78 is 24.1. The van der Waals surface area contributed by atoms with E-state index >= 15 is 0 Å². The van der Waals surface area contributed by atoms with Gasteiger partial charge in [0, 0.05) is 13.6 Å². The van der Waals surface area contributed by atoms with Gasteiger partial charge in [-0.3, -0.25) is 4.99 Å². The molecule has 0 saturated heterocycles. The molecule has 5 nitrogen and oxygen atoms in total. The van der Waals surface area contributed by atoms with Crippen molar-refractivity contribution < 1.29 is 13.9 Å². The Balaban J connectivity index is 0.00000364. The lowest BCUT2D eigenvalue weighted by Gasteiger charge is -2.19. The second kappa shape index (κ2) is 12.4. The molecule has 1 atom stereocenters. The average molecular weight is 487 g/mol. The summed E-state index contributed by atoms with van der Waals surface area (Å²) in [5.74, 6) is 1.90. The van der Waals surface area contributed by atoms with E-state index in [1.165, 1.54) is 12.1 Å². The molecule has 148 valence electrons. The van der Waals surface area contributed by atoms with Gasteiger partial charge in [0.2, 0.25) is 0 Å². The van der Waals surface area contributed by atoms with Crippen LogP contribution in [0, 0.1) is 5.82 Å². The summed E-state index contributed by atoms with van der Waals surface area (Å²) in [6.07, 6.45) is 0.718. The molecule has 0 spiro atoms. The average Bonchev–Trinajstić information content (AvgIpc) is 2.66. The van der Waals surface area contributed by atoms with Crippen LogP contribution in [0.4, 0.5) is 4.39 Å². The smallest absolute Gasteiger partial charge is 0.191 e. The maximum atomic E-state index is 12.9. The van der Waals surface area contributed by atoms with Gasteiger partial charge in [0.05, 0.1) is 13.7 Å². The number of nitrogens with zero attached hydrogens (tertiary/aromatic N) is 1. The molecule has 7 heteroatoms. The molecule has 2 N–H and O–H groups in total. The highest BCUT2D eigenvalue weighted by Gasteiger charge is 2.09. The van der Waals surface area contributed by atoms with E-state index in [0.29, 0.717) is 30.5 Å². The van der Waals surface area contributed by atoms with Crippen molar-refractivity contribution in [3.05, 3.63) is 59.9 Å². The molecule has 0 radical (unpaired) electrons. The second-order valence-electron chi connectivity index (χ2n) is 5.84. The van der Waals surface area contributed by atoms with E-state index in [0.717, 1.165) is 12.0 Å². The van der Waals surface area contributed by atoms with Gasteiger partial charge in [0.15, 0.2) is 17.5 Å². The van der Waals surface area contributed by atoms with E-state index in [9.17, 15) is 4.39 Å². The van der Waals surface area contributed by atoms with Gasteiger partial charge < -0.3 is 20.1 Å². The number of rotatable bonds is 8. The molecule has 0 amide bonds. The zero-order valence-corrected chi connectivity index (χ0v) is 18.2. The monoisotopic (exact) mass is 487 g/mol. The van der Waals surface area contributed by atoms with Crippen molar-refractivity contribution in [1.82, 2.24) is 10.6 Å². The lowest BCUT2D eigenvalue weighted by molar-refractivity contribution is 0.213. The van der Waals surface area contributed by atoms with Gasteiger partial charge in [-0.05, 0) is 43.2 Å². The first-order valence-corrected chi connectivity index (χ1v) is 8.61. The van der Waals surface area contributed by atoms with Crippen LogP contribution >= 0.6 is 24.0 Å². The summed E-state index contributed by atoms with van der Waals surface area (Å²) in [6.45, 7) is 3.27. The van der Waals surface area contributed by atoms with Gasteiger partial charge in [-0.2, -0.15) is 0 Å². The predicted molar refractivity (Wildman–Crippen MR) is 118 cm³/mol. The number of benzene rings is 2. The molecule has 0 aromatic heterocycles. The minimum atomic E-state index is -0.219. The van der Waals surface area contributed by atoms with E-state index in [4.69, 9.17) is 9.47 Å². The molecule has 2 rings (SSSR count). The van der Waals surface area contributed by atoms with Crippen molar-refractivity contribution in [1.29, 1.82) is 0 Å². The Morgan fingerprint density at radius 3 is 2.37 bits per heavy atom. The highest BCUT2D eigenvalue weighted by atomic mass is 127. The third-order valence-corrected chi connectivity index (χ3v) is 3.80. The third kappa shape index (κ3) is 8.03. The number of hydrogen-bond acceptors (Lipinski definition) is 3. The number of methoxy groups -OCH3 is 1. The number of para-hydroxylation sites is 2. The normalized spacial score (nSPS) is 11.9. The lowest BCUT2D eigenvalue weighted by atomic mass is 10.1. The maximum absolute atomic E-state index is 12.9. The van der Waals surface area contributed by atoms with Crippen LogP contribution in [0.3, 0.4) is 0 Å². The van der Waals surface area contributed by atoms with Crippen molar-refractivity contribution >= 4 is 29.9 Å². The SMILES string of the molecule is CN=C(NCCc1ccc(F)cc1)NCC(C)Oc1ccccc1OC.I. The molecular weight excluding hydrogens is 460 g/mol. The molecule has 0 aliphatic carbocycles. The fourth-order valence-electron chi connectivity index (χ4n) is 2.41. The van der Waals surface area contributed by atoms with Gasteiger partial charge in [0.25, 0.3) is 0 Å². The van der Waals surface area contributed by atoms with Crippen LogP contribution in [0.15, 0.2) is 53.5 Å². The number of ether oxygens (including phenoxy) is 2. The molecule has 1 unspecified atom stereocenters. The molecule has 0 saturated carbocycles. The summed E-state index contributed by atoms with van der Waals surface area (Å²) in [6, 6.07) is 14.1. The first kappa shape index (κ1) is 23.0. The number of halogens is 2. The molecule has 27 heavy (non-hydrogen) atoms. The first-order chi connectivity index (χ1) is 12.6. The van der Waals surface area contributed by atoms with Crippen molar-refractivity contribution in [3.63, 3.8) is 0 Å². The second-order valence-corrected chi connectivity index (χ2v) is 5.84. The summed E-state index contributed by atoms with van der Waals surface area (Å²) in [4.78, 5) is 4.20. The largest absolute Gasteiger partial charge is 0.493 e. The van der Waals surface area contributed by atoms with Crippen molar-refractivity contribution in [3.8, 4) is 11.5 Å². The van der Waals surface area contributed by atoms with Crippen LogP contribution in [0.1, 0.15) is 12.5 Å². The standard InChI is InChI=1S/C20H26FN3O2.HI/c1-15(26-19-7-5-4-6-18(19)25-3)14-24-20(22-2)23-13-12-16-8-10-17(21)11-9-16;/h4-11,15H,12-14H2,1-3H3,(H2,22,23,24);1H. The van der Waals surface area contributed by atoms with E-state index in [2.05, 4.69) is 15.6 Å². The van der Waals surface area contributed by atoms with Gasteiger partial charge in [0.1, 0.15) is 11.9 Å². The molecule has 0 bridgehead atoms. The first-order valence-electron chi connectivity index (χ1n) is 8.61. The van der Waals surface area contributed by atoms with E-state index < -0.39 is 0 Å². The maximum Gasteiger partial charge on any atom is 0.191 e. The van der Waals surface area contributed by atoms with Gasteiger partial charge in [-0.1, -0.05) is 24.3 Å². The summed E-state index contributed by atoms with van der Waals surface area (Å²) in [5.41, 5.74) is 1.07. The molecule has 0 aliphatic rings. The van der Waals surface area contributed by atoms with Crippen LogP contribution in [0.25, 0.3) is 0 Å². The summed E-state index contributed by atoms with van der Waals surface area (Å²) in [7, 11) is 3.34.